The van der Waals surface area contributed by atoms with Gasteiger partial charge in [0.05, 0.1) is 29.6 Å². The highest BCUT2D eigenvalue weighted by atomic mass is 32.1. The largest absolute Gasteiger partial charge is 0.497 e. The first-order valence-electron chi connectivity index (χ1n) is 17.0. The van der Waals surface area contributed by atoms with Crippen LogP contribution < -0.4 is 20.1 Å². The van der Waals surface area contributed by atoms with Crippen molar-refractivity contribution in [1.29, 1.82) is 0 Å². The molecule has 6 rings (SSSR count). The first-order valence-corrected chi connectivity index (χ1v) is 17.8. The molecule has 2 fully saturated rings. The Hall–Kier alpha value is -4.72. The number of carbonyl (C=O) groups is 4. The lowest BCUT2D eigenvalue weighted by Gasteiger charge is -2.30. The van der Waals surface area contributed by atoms with Gasteiger partial charge in [0, 0.05) is 18.4 Å². The molecule has 14 heteroatoms. The van der Waals surface area contributed by atoms with Crippen LogP contribution in [0.3, 0.4) is 0 Å². The van der Waals surface area contributed by atoms with Crippen molar-refractivity contribution in [2.45, 2.75) is 95.0 Å². The lowest BCUT2D eigenvalue weighted by Crippen LogP contribution is -2.56. The van der Waals surface area contributed by atoms with Crippen molar-refractivity contribution in [1.82, 2.24) is 25.5 Å². The Morgan fingerprint density at radius 1 is 1.12 bits per heavy atom. The Kier molecular flexibility index (Phi) is 10.0. The number of rotatable bonds is 6. The fraction of sp³-hybridized carbons (Fsp3) is 0.500. The van der Waals surface area contributed by atoms with Gasteiger partial charge in [-0.3, -0.25) is 9.59 Å². The van der Waals surface area contributed by atoms with Crippen LogP contribution >= 0.6 is 11.3 Å². The van der Waals surface area contributed by atoms with E-state index >= 15 is 0 Å². The summed E-state index contributed by atoms with van der Waals surface area (Å²) in [7, 11) is 1.58. The zero-order valence-electron chi connectivity index (χ0n) is 28.6. The van der Waals surface area contributed by atoms with Gasteiger partial charge in [0.1, 0.15) is 40.8 Å². The molecule has 0 radical (unpaired) electrons. The number of aromatic nitrogens is 2. The molecule has 4 heterocycles. The molecule has 3 unspecified atom stereocenters. The number of hydrogen-bond acceptors (Lipinski definition) is 10. The molecule has 1 saturated heterocycles. The van der Waals surface area contributed by atoms with Crippen LogP contribution in [0.1, 0.15) is 65.7 Å². The van der Waals surface area contributed by atoms with Gasteiger partial charge in [0.25, 0.3) is 0 Å². The number of hydrogen-bond donors (Lipinski definition) is 3. The van der Waals surface area contributed by atoms with Gasteiger partial charge in [-0.25, -0.2) is 19.6 Å². The minimum Gasteiger partial charge on any atom is -0.497 e. The Labute approximate surface area is 294 Å². The molecule has 2 aromatic heterocycles. The molecule has 0 bridgehead atoms. The Morgan fingerprint density at radius 2 is 1.94 bits per heavy atom. The molecular weight excluding hydrogens is 662 g/mol. The molecule has 3 aliphatic rings. The smallest absolute Gasteiger partial charge is 0.408 e. The van der Waals surface area contributed by atoms with Gasteiger partial charge in [-0.2, -0.15) is 0 Å². The molecule has 3 amide bonds. The highest BCUT2D eigenvalue weighted by molar-refractivity contribution is 7.13. The quantitative estimate of drug-likeness (QED) is 0.294. The van der Waals surface area contributed by atoms with Crippen LogP contribution in [-0.4, -0.2) is 86.8 Å². The Balaban J connectivity index is 1.33. The number of nitrogens with one attached hydrogen (secondary N) is 2. The summed E-state index contributed by atoms with van der Waals surface area (Å²) in [6, 6.07) is 7.10. The van der Waals surface area contributed by atoms with Gasteiger partial charge in [-0.15, -0.1) is 11.3 Å². The van der Waals surface area contributed by atoms with Gasteiger partial charge >= 0.3 is 12.1 Å². The minimum atomic E-state index is -1.45. The topological polar surface area (TPSA) is 169 Å². The molecule has 3 aromatic rings. The van der Waals surface area contributed by atoms with Gasteiger partial charge in [0.2, 0.25) is 17.7 Å². The van der Waals surface area contributed by atoms with E-state index in [1.807, 2.05) is 29.7 Å². The number of carbonyl (C=O) groups excluding carboxylic acids is 3. The fourth-order valence-corrected chi connectivity index (χ4v) is 7.26. The number of carboxylic acid groups (broad SMARTS) is 1. The number of amides is 3. The van der Waals surface area contributed by atoms with Crippen molar-refractivity contribution in [3.8, 4) is 22.2 Å². The number of ether oxygens (including phenoxy) is 3. The van der Waals surface area contributed by atoms with Crippen LogP contribution in [-0.2, 0) is 19.1 Å². The number of fused-ring (bicyclic) bond motifs is 3. The van der Waals surface area contributed by atoms with E-state index in [2.05, 4.69) is 10.6 Å². The summed E-state index contributed by atoms with van der Waals surface area (Å²) >= 11 is 1.47. The molecule has 50 heavy (non-hydrogen) atoms. The van der Waals surface area contributed by atoms with Crippen molar-refractivity contribution >= 4 is 46.2 Å². The second-order valence-corrected chi connectivity index (χ2v) is 15.0. The van der Waals surface area contributed by atoms with E-state index in [-0.39, 0.29) is 31.2 Å². The van der Waals surface area contributed by atoms with Crippen molar-refractivity contribution in [3.05, 3.63) is 47.9 Å². The van der Waals surface area contributed by atoms with Crippen LogP contribution in [0.4, 0.5) is 4.79 Å². The van der Waals surface area contributed by atoms with Crippen LogP contribution in [0.5, 0.6) is 11.6 Å². The lowest BCUT2D eigenvalue weighted by molar-refractivity contribution is -0.145. The number of nitrogens with zero attached hydrogens (tertiary/aromatic N) is 3. The van der Waals surface area contributed by atoms with Gasteiger partial charge in [-0.05, 0) is 70.0 Å². The second kappa shape index (κ2) is 14.3. The number of allylic oxidation sites excluding steroid dienone is 1. The standard InChI is InChI=1S/C36H43N5O8S/c1-35(2,3)49-34(46)39-25-12-9-7-5-6-8-11-21-19-36(21,33(44)45)40-30(42)27-18-23(20-41(27)32(25)43)48-31-29(28-13-10-16-50-28)37-26-17-22(47-4)14-15-24(26)38-31/h8,10-11,13-17,21,23,25,27H,5-7,9,12,18-20H2,1-4H3,(H,39,46)(H,40,42)(H,44,45)/b11-8-/t21?,23-,25+,27?,36?/m1/s1. The zero-order chi connectivity index (χ0) is 35.6. The van der Waals surface area contributed by atoms with E-state index in [0.717, 1.165) is 24.1 Å². The van der Waals surface area contributed by atoms with E-state index in [1.165, 1.54) is 16.2 Å². The van der Waals surface area contributed by atoms with Crippen molar-refractivity contribution < 1.29 is 38.5 Å². The monoisotopic (exact) mass is 705 g/mol. The van der Waals surface area contributed by atoms with E-state index in [4.69, 9.17) is 24.2 Å². The van der Waals surface area contributed by atoms with Crippen LogP contribution in [0.2, 0.25) is 0 Å². The van der Waals surface area contributed by atoms with Gasteiger partial charge in [-0.1, -0.05) is 31.1 Å². The average Bonchev–Trinajstić information content (AvgIpc) is 3.37. The highest BCUT2D eigenvalue weighted by Gasteiger charge is 2.61. The number of aliphatic carboxylic acids is 1. The maximum atomic E-state index is 14.4. The summed E-state index contributed by atoms with van der Waals surface area (Å²) in [5.41, 5.74) is -0.556. The number of thiophene rings is 1. The third-order valence-electron chi connectivity index (χ3n) is 9.18. The van der Waals surface area contributed by atoms with E-state index in [9.17, 15) is 24.3 Å². The first-order chi connectivity index (χ1) is 23.9. The summed E-state index contributed by atoms with van der Waals surface area (Å²) in [6.07, 6.45) is 6.07. The van der Waals surface area contributed by atoms with Crippen LogP contribution in [0, 0.1) is 5.92 Å². The summed E-state index contributed by atoms with van der Waals surface area (Å²) in [6.45, 7) is 5.21. The van der Waals surface area contributed by atoms with E-state index < -0.39 is 53.2 Å². The van der Waals surface area contributed by atoms with Gasteiger partial charge < -0.3 is 34.9 Å². The summed E-state index contributed by atoms with van der Waals surface area (Å²) in [4.78, 5) is 65.6. The van der Waals surface area contributed by atoms with E-state index in [1.54, 1.807) is 46.1 Å². The fourth-order valence-electron chi connectivity index (χ4n) is 6.56. The molecule has 1 aliphatic carbocycles. The zero-order valence-corrected chi connectivity index (χ0v) is 29.5. The third-order valence-corrected chi connectivity index (χ3v) is 10.1. The molecule has 1 aromatic carbocycles. The normalized spacial score (nSPS) is 26.4. The summed E-state index contributed by atoms with van der Waals surface area (Å²) in [5, 5.41) is 17.6. The molecule has 1 saturated carbocycles. The Morgan fingerprint density at radius 3 is 2.66 bits per heavy atom. The van der Waals surface area contributed by atoms with Crippen molar-refractivity contribution in [2.75, 3.05) is 13.7 Å². The number of carboxylic acids is 1. The first kappa shape index (κ1) is 35.1. The minimum absolute atomic E-state index is 0.000961. The molecule has 3 N–H and O–H groups in total. The second-order valence-electron chi connectivity index (χ2n) is 14.0. The van der Waals surface area contributed by atoms with Crippen molar-refractivity contribution in [3.63, 3.8) is 0 Å². The molecular formula is C36H43N5O8S. The van der Waals surface area contributed by atoms with Gasteiger partial charge in [0.15, 0.2) is 0 Å². The molecule has 2 aliphatic heterocycles. The summed E-state index contributed by atoms with van der Waals surface area (Å²) < 4.78 is 17.4. The number of alkyl carbamates (subject to hydrolysis) is 1. The molecule has 13 nitrogen and oxygen atoms in total. The Bertz CT molecular complexity index is 1790. The summed E-state index contributed by atoms with van der Waals surface area (Å²) in [5.74, 6) is -1.67. The third kappa shape index (κ3) is 7.69. The number of benzene rings is 1. The predicted octanol–water partition coefficient (Wildman–Crippen LogP) is 5.09. The SMILES string of the molecule is COc1ccc2nc(O[C@@H]3CC4C(=O)NC5(C(=O)O)CC5/C=C\CCCCC[C@H](NC(=O)OC(C)(C)C)C(=O)N4C3)c(-c3cccs3)nc2c1. The van der Waals surface area contributed by atoms with E-state index in [0.29, 0.717) is 35.3 Å². The maximum absolute atomic E-state index is 14.4. The van der Waals surface area contributed by atoms with Crippen LogP contribution in [0.25, 0.3) is 21.6 Å². The number of methoxy groups -OCH3 is 1. The molecule has 266 valence electrons. The molecule has 0 spiro atoms. The highest BCUT2D eigenvalue weighted by Crippen LogP contribution is 2.45. The van der Waals surface area contributed by atoms with Crippen LogP contribution in [0.15, 0.2) is 47.9 Å². The lowest BCUT2D eigenvalue weighted by atomic mass is 10.0. The molecule has 5 atom stereocenters. The predicted molar refractivity (Wildman–Crippen MR) is 186 cm³/mol. The van der Waals surface area contributed by atoms with Crippen molar-refractivity contribution in [2.24, 2.45) is 5.92 Å². The average molecular weight is 706 g/mol. The maximum Gasteiger partial charge on any atom is 0.408 e.